The Morgan fingerprint density at radius 2 is 0.824 bits per heavy atom. The lowest BCUT2D eigenvalue weighted by atomic mass is 10.0. The summed E-state index contributed by atoms with van der Waals surface area (Å²) in [6.07, 6.45) is -0.787. The minimum absolute atomic E-state index is 0.438. The molecule has 0 saturated heterocycles. The molecule has 0 radical (unpaired) electrons. The van der Waals surface area contributed by atoms with Crippen molar-refractivity contribution in [2.24, 2.45) is 0 Å². The molecule has 0 fully saturated rings. The Kier molecular flexibility index (Phi) is 6.83. The van der Waals surface area contributed by atoms with Crippen LogP contribution < -0.4 is 19.3 Å². The first kappa shape index (κ1) is 22.9. The van der Waals surface area contributed by atoms with Crippen molar-refractivity contribution in [3.8, 4) is 33.8 Å². The van der Waals surface area contributed by atoms with E-state index in [-0.39, 0.29) is 0 Å². The zero-order valence-electron chi connectivity index (χ0n) is 19.9. The average Bonchev–Trinajstić information content (AvgIpc) is 2.84. The minimum Gasteiger partial charge on any atom is -0.394 e. The van der Waals surface area contributed by atoms with Crippen molar-refractivity contribution in [3.63, 3.8) is 0 Å². The molecule has 5 heteroatoms. The van der Waals surface area contributed by atoms with Gasteiger partial charge in [-0.3, -0.25) is 0 Å². The molecule has 4 aromatic rings. The van der Waals surface area contributed by atoms with Crippen LogP contribution in [-0.2, 0) is 0 Å². The second kappa shape index (κ2) is 10.1. The summed E-state index contributed by atoms with van der Waals surface area (Å²) in [5, 5.41) is 0. The highest BCUT2D eigenvalue weighted by Crippen LogP contribution is 2.38. The summed E-state index contributed by atoms with van der Waals surface area (Å²) < 4.78 is 11.4. The summed E-state index contributed by atoms with van der Waals surface area (Å²) in [6, 6.07) is 30.9. The number of carbonyl (C=O) groups is 1. The van der Waals surface area contributed by atoms with Crippen molar-refractivity contribution in [3.05, 3.63) is 97.1 Å². The van der Waals surface area contributed by atoms with Crippen molar-refractivity contribution in [1.29, 1.82) is 0 Å². The number of hydrogen-bond acceptors (Lipinski definition) is 5. The summed E-state index contributed by atoms with van der Waals surface area (Å²) in [6.45, 7) is 0. The van der Waals surface area contributed by atoms with Gasteiger partial charge >= 0.3 is 6.16 Å². The third-order valence-electron chi connectivity index (χ3n) is 5.51. The first-order chi connectivity index (χ1) is 16.5. The van der Waals surface area contributed by atoms with Crippen LogP contribution in [0.2, 0.25) is 0 Å². The monoisotopic (exact) mass is 452 g/mol. The van der Waals surface area contributed by atoms with E-state index in [0.717, 1.165) is 33.6 Å². The Morgan fingerprint density at radius 3 is 1.21 bits per heavy atom. The Morgan fingerprint density at radius 1 is 0.500 bits per heavy atom. The second-order valence-corrected chi connectivity index (χ2v) is 8.27. The Balaban J connectivity index is 1.64. The van der Waals surface area contributed by atoms with E-state index in [1.807, 2.05) is 123 Å². The van der Waals surface area contributed by atoms with Crippen molar-refractivity contribution in [2.45, 2.75) is 0 Å². The average molecular weight is 453 g/mol. The SMILES string of the molecule is CN(C)c1ccccc1-c1ccccc1OC(=O)Oc1ccccc1-c1ccccc1N(C)C. The summed E-state index contributed by atoms with van der Waals surface area (Å²) in [5.74, 6) is 0.876. The summed E-state index contributed by atoms with van der Waals surface area (Å²) >= 11 is 0. The van der Waals surface area contributed by atoms with Crippen LogP contribution in [0.5, 0.6) is 11.5 Å². The fourth-order valence-electron chi connectivity index (χ4n) is 3.94. The smallest absolute Gasteiger partial charge is 0.394 e. The zero-order valence-corrected chi connectivity index (χ0v) is 19.9. The number of carbonyl (C=O) groups excluding carboxylic acids is 1. The predicted octanol–water partition coefficient (Wildman–Crippen LogP) is 6.73. The van der Waals surface area contributed by atoms with Crippen molar-refractivity contribution in [1.82, 2.24) is 0 Å². The molecular formula is C29H28N2O3. The Hall–Kier alpha value is -4.25. The van der Waals surface area contributed by atoms with Gasteiger partial charge in [-0.05, 0) is 24.3 Å². The topological polar surface area (TPSA) is 42.0 Å². The van der Waals surface area contributed by atoms with E-state index < -0.39 is 6.16 Å². The number of benzene rings is 4. The molecule has 0 amide bonds. The highest BCUT2D eigenvalue weighted by Gasteiger charge is 2.18. The van der Waals surface area contributed by atoms with E-state index in [9.17, 15) is 4.79 Å². The normalized spacial score (nSPS) is 10.5. The van der Waals surface area contributed by atoms with E-state index in [1.54, 1.807) is 12.1 Å². The third kappa shape index (κ3) is 4.89. The molecule has 0 aliphatic heterocycles. The van der Waals surface area contributed by atoms with Crippen LogP contribution in [0, 0.1) is 0 Å². The van der Waals surface area contributed by atoms with Crippen LogP contribution in [-0.4, -0.2) is 34.3 Å². The maximum atomic E-state index is 12.9. The summed E-state index contributed by atoms with van der Waals surface area (Å²) in [7, 11) is 7.94. The van der Waals surface area contributed by atoms with E-state index in [0.29, 0.717) is 11.5 Å². The molecular weight excluding hydrogens is 424 g/mol. The number of ether oxygens (including phenoxy) is 2. The largest absolute Gasteiger partial charge is 0.519 e. The molecule has 0 N–H and O–H groups in total. The Bertz CT molecular complexity index is 1200. The standard InChI is InChI=1S/C29H28N2O3/c1-30(2)25-17-9-5-13-21(25)23-15-7-11-19-27(23)33-29(32)34-28-20-12-8-16-24(28)22-14-6-10-18-26(22)31(3)4/h5-20H,1-4H3. The number of rotatable bonds is 6. The molecule has 34 heavy (non-hydrogen) atoms. The number of para-hydroxylation sites is 4. The third-order valence-corrected chi connectivity index (χ3v) is 5.51. The lowest BCUT2D eigenvalue weighted by Gasteiger charge is -2.20. The second-order valence-electron chi connectivity index (χ2n) is 8.27. The number of hydrogen-bond donors (Lipinski definition) is 0. The van der Waals surface area contributed by atoms with Gasteiger partial charge in [-0.1, -0.05) is 72.8 Å². The number of anilines is 2. The molecule has 0 heterocycles. The van der Waals surface area contributed by atoms with Crippen LogP contribution >= 0.6 is 0 Å². The predicted molar refractivity (Wildman–Crippen MR) is 139 cm³/mol. The molecule has 172 valence electrons. The van der Waals surface area contributed by atoms with Crippen LogP contribution in [0.3, 0.4) is 0 Å². The van der Waals surface area contributed by atoms with Crippen molar-refractivity contribution >= 4 is 17.5 Å². The van der Waals surface area contributed by atoms with E-state index in [1.165, 1.54) is 0 Å². The summed E-state index contributed by atoms with van der Waals surface area (Å²) in [4.78, 5) is 17.0. The zero-order chi connectivity index (χ0) is 24.1. The molecule has 0 bridgehead atoms. The molecule has 0 saturated carbocycles. The van der Waals surface area contributed by atoms with Crippen molar-refractivity contribution < 1.29 is 14.3 Å². The molecule has 0 unspecified atom stereocenters. The molecule has 0 aromatic heterocycles. The minimum atomic E-state index is -0.787. The van der Waals surface area contributed by atoms with E-state index in [2.05, 4.69) is 0 Å². The lowest BCUT2D eigenvalue weighted by molar-refractivity contribution is 0.152. The molecule has 0 aliphatic carbocycles. The van der Waals surface area contributed by atoms with Gasteiger partial charge in [0.05, 0.1) is 0 Å². The van der Waals surface area contributed by atoms with Gasteiger partial charge in [-0.15, -0.1) is 0 Å². The van der Waals surface area contributed by atoms with Gasteiger partial charge in [-0.2, -0.15) is 0 Å². The molecule has 4 aromatic carbocycles. The highest BCUT2D eigenvalue weighted by atomic mass is 16.7. The van der Waals surface area contributed by atoms with E-state index >= 15 is 0 Å². The van der Waals surface area contributed by atoms with Gasteiger partial charge in [-0.25, -0.2) is 4.79 Å². The Labute approximate surface area is 200 Å². The van der Waals surface area contributed by atoms with Gasteiger partial charge in [0.2, 0.25) is 0 Å². The van der Waals surface area contributed by atoms with Crippen molar-refractivity contribution in [2.75, 3.05) is 38.0 Å². The van der Waals surface area contributed by atoms with Crippen LogP contribution in [0.1, 0.15) is 0 Å². The molecule has 0 atom stereocenters. The molecule has 5 nitrogen and oxygen atoms in total. The molecule has 0 spiro atoms. The summed E-state index contributed by atoms with van der Waals surface area (Å²) in [5.41, 5.74) is 5.62. The maximum Gasteiger partial charge on any atom is 0.519 e. The first-order valence-electron chi connectivity index (χ1n) is 11.1. The van der Waals surface area contributed by atoms with E-state index in [4.69, 9.17) is 9.47 Å². The maximum absolute atomic E-state index is 12.9. The van der Waals surface area contributed by atoms with Gasteiger partial charge < -0.3 is 19.3 Å². The first-order valence-corrected chi connectivity index (χ1v) is 11.1. The van der Waals surface area contributed by atoms with Gasteiger partial charge in [0.25, 0.3) is 0 Å². The fourth-order valence-corrected chi connectivity index (χ4v) is 3.94. The van der Waals surface area contributed by atoms with Gasteiger partial charge in [0.15, 0.2) is 0 Å². The number of nitrogens with zero attached hydrogens (tertiary/aromatic N) is 2. The lowest BCUT2D eigenvalue weighted by Crippen LogP contribution is -2.15. The fraction of sp³-hybridized carbons (Fsp3) is 0.138. The van der Waals surface area contributed by atoms with Gasteiger partial charge in [0, 0.05) is 61.8 Å². The van der Waals surface area contributed by atoms with Crippen LogP contribution in [0.25, 0.3) is 22.3 Å². The quantitative estimate of drug-likeness (QED) is 0.240. The highest BCUT2D eigenvalue weighted by molar-refractivity contribution is 5.86. The molecule has 0 aliphatic rings. The van der Waals surface area contributed by atoms with Gasteiger partial charge in [0.1, 0.15) is 11.5 Å². The van der Waals surface area contributed by atoms with Crippen LogP contribution in [0.15, 0.2) is 97.1 Å². The van der Waals surface area contributed by atoms with Crippen LogP contribution in [0.4, 0.5) is 16.2 Å². The molecule has 4 rings (SSSR count).